The van der Waals surface area contributed by atoms with E-state index in [1.165, 1.54) is 0 Å². The summed E-state index contributed by atoms with van der Waals surface area (Å²) in [6.45, 7) is 5.14. The molecule has 2 rings (SSSR count). The van der Waals surface area contributed by atoms with Gasteiger partial charge in [-0.2, -0.15) is 5.10 Å². The summed E-state index contributed by atoms with van der Waals surface area (Å²) in [5.74, 6) is 2.28. The van der Waals surface area contributed by atoms with Crippen molar-refractivity contribution in [2.75, 3.05) is 12.0 Å². The second kappa shape index (κ2) is 8.04. The molecule has 0 aliphatic rings. The average molecular weight is 283 g/mol. The van der Waals surface area contributed by atoms with Crippen molar-refractivity contribution in [2.45, 2.75) is 20.3 Å². The number of ether oxygens (including phenoxy) is 1. The number of aromatic nitrogens is 1. The lowest BCUT2D eigenvalue weighted by atomic mass is 10.1. The van der Waals surface area contributed by atoms with Crippen molar-refractivity contribution in [3.05, 3.63) is 54.2 Å². The SMILES string of the molecule is CC(C)CCOc1ccc(/C=N/Nc2ccccn2)cc1. The highest BCUT2D eigenvalue weighted by molar-refractivity contribution is 5.80. The molecule has 21 heavy (non-hydrogen) atoms. The molecule has 0 radical (unpaired) electrons. The third-order valence-corrected chi connectivity index (χ3v) is 2.90. The molecule has 2 aromatic rings. The number of anilines is 1. The summed E-state index contributed by atoms with van der Waals surface area (Å²) < 4.78 is 5.68. The number of benzene rings is 1. The molecule has 0 spiro atoms. The Morgan fingerprint density at radius 3 is 2.67 bits per heavy atom. The summed E-state index contributed by atoms with van der Waals surface area (Å²) in [7, 11) is 0. The molecule has 110 valence electrons. The number of hydrogen-bond acceptors (Lipinski definition) is 4. The number of hydrogen-bond donors (Lipinski definition) is 1. The van der Waals surface area contributed by atoms with Gasteiger partial charge in [-0.1, -0.05) is 19.9 Å². The molecule has 1 N–H and O–H groups in total. The fourth-order valence-electron chi connectivity index (χ4n) is 1.66. The van der Waals surface area contributed by atoms with Crippen LogP contribution in [0.25, 0.3) is 0 Å². The number of rotatable bonds is 7. The van der Waals surface area contributed by atoms with Gasteiger partial charge < -0.3 is 4.74 Å². The summed E-state index contributed by atoms with van der Waals surface area (Å²) in [6.07, 6.45) is 4.55. The van der Waals surface area contributed by atoms with E-state index in [0.717, 1.165) is 30.2 Å². The van der Waals surface area contributed by atoms with Gasteiger partial charge in [-0.25, -0.2) is 4.98 Å². The Bertz CT molecular complexity index is 550. The monoisotopic (exact) mass is 283 g/mol. The van der Waals surface area contributed by atoms with Gasteiger partial charge in [-0.15, -0.1) is 0 Å². The second-order valence-electron chi connectivity index (χ2n) is 5.18. The summed E-state index contributed by atoms with van der Waals surface area (Å²) in [5.41, 5.74) is 3.89. The topological polar surface area (TPSA) is 46.5 Å². The first-order chi connectivity index (χ1) is 10.2. The zero-order valence-corrected chi connectivity index (χ0v) is 12.5. The zero-order valence-electron chi connectivity index (χ0n) is 12.5. The first kappa shape index (κ1) is 15.0. The molecule has 0 unspecified atom stereocenters. The van der Waals surface area contributed by atoms with Gasteiger partial charge in [0, 0.05) is 6.20 Å². The van der Waals surface area contributed by atoms with Crippen LogP contribution in [0, 0.1) is 5.92 Å². The van der Waals surface area contributed by atoms with Gasteiger partial charge in [0.15, 0.2) is 0 Å². The summed E-state index contributed by atoms with van der Waals surface area (Å²) >= 11 is 0. The normalized spacial score (nSPS) is 11.0. The van der Waals surface area contributed by atoms with E-state index in [2.05, 4.69) is 29.4 Å². The lowest BCUT2D eigenvalue weighted by molar-refractivity contribution is 0.289. The quantitative estimate of drug-likeness (QED) is 0.618. The maximum Gasteiger partial charge on any atom is 0.146 e. The van der Waals surface area contributed by atoms with Crippen molar-refractivity contribution in [2.24, 2.45) is 11.0 Å². The highest BCUT2D eigenvalue weighted by Gasteiger charge is 1.97. The molecule has 0 fully saturated rings. The molecule has 0 saturated carbocycles. The number of nitrogens with one attached hydrogen (secondary N) is 1. The lowest BCUT2D eigenvalue weighted by Gasteiger charge is -2.07. The Hall–Kier alpha value is -2.36. The van der Waals surface area contributed by atoms with Crippen LogP contribution in [0.3, 0.4) is 0 Å². The zero-order chi connectivity index (χ0) is 14.9. The molecule has 0 aliphatic heterocycles. The van der Waals surface area contributed by atoms with E-state index in [4.69, 9.17) is 4.74 Å². The standard InChI is InChI=1S/C17H21N3O/c1-14(2)10-12-21-16-8-6-15(7-9-16)13-19-20-17-5-3-4-11-18-17/h3-9,11,13-14H,10,12H2,1-2H3,(H,18,20)/b19-13+. The van der Waals surface area contributed by atoms with E-state index in [9.17, 15) is 0 Å². The molecule has 4 heteroatoms. The maximum absolute atomic E-state index is 5.68. The van der Waals surface area contributed by atoms with Crippen molar-refractivity contribution in [1.29, 1.82) is 0 Å². The van der Waals surface area contributed by atoms with Crippen LogP contribution in [0.15, 0.2) is 53.8 Å². The Labute approximate surface area is 125 Å². The van der Waals surface area contributed by atoms with Crippen LogP contribution < -0.4 is 10.2 Å². The molecule has 4 nitrogen and oxygen atoms in total. The molecule has 1 heterocycles. The average Bonchev–Trinajstić information content (AvgIpc) is 2.50. The van der Waals surface area contributed by atoms with Crippen molar-refractivity contribution in [3.8, 4) is 5.75 Å². The third kappa shape index (κ3) is 5.65. The summed E-state index contributed by atoms with van der Waals surface area (Å²) in [4.78, 5) is 4.13. The van der Waals surface area contributed by atoms with Crippen LogP contribution in [0.5, 0.6) is 5.75 Å². The fourth-order valence-corrected chi connectivity index (χ4v) is 1.66. The summed E-state index contributed by atoms with van der Waals surface area (Å²) in [6, 6.07) is 13.5. The third-order valence-electron chi connectivity index (χ3n) is 2.90. The van der Waals surface area contributed by atoms with E-state index in [1.54, 1.807) is 12.4 Å². The van der Waals surface area contributed by atoms with E-state index < -0.39 is 0 Å². The van der Waals surface area contributed by atoms with Crippen LogP contribution in [-0.4, -0.2) is 17.8 Å². The molecule has 0 aliphatic carbocycles. The minimum Gasteiger partial charge on any atom is -0.494 e. The minimum absolute atomic E-state index is 0.661. The van der Waals surface area contributed by atoms with Crippen molar-refractivity contribution >= 4 is 12.0 Å². The molecule has 0 saturated heterocycles. The Morgan fingerprint density at radius 1 is 1.19 bits per heavy atom. The van der Waals surface area contributed by atoms with E-state index in [0.29, 0.717) is 5.92 Å². The van der Waals surface area contributed by atoms with E-state index >= 15 is 0 Å². The molecular weight excluding hydrogens is 262 g/mol. The smallest absolute Gasteiger partial charge is 0.146 e. The second-order valence-corrected chi connectivity index (χ2v) is 5.18. The highest BCUT2D eigenvalue weighted by Crippen LogP contribution is 2.12. The van der Waals surface area contributed by atoms with Crippen LogP contribution in [-0.2, 0) is 0 Å². The Kier molecular flexibility index (Phi) is 5.76. The molecule has 0 atom stereocenters. The molecule has 0 amide bonds. The number of nitrogens with zero attached hydrogens (tertiary/aromatic N) is 2. The van der Waals surface area contributed by atoms with Crippen molar-refractivity contribution < 1.29 is 4.74 Å². The fraction of sp³-hybridized carbons (Fsp3) is 0.294. The molecule has 1 aromatic heterocycles. The first-order valence-electron chi connectivity index (χ1n) is 7.17. The molecule has 0 bridgehead atoms. The Balaban J connectivity index is 1.82. The van der Waals surface area contributed by atoms with E-state index in [-0.39, 0.29) is 0 Å². The molecular formula is C17H21N3O. The van der Waals surface area contributed by atoms with Gasteiger partial charge in [0.25, 0.3) is 0 Å². The van der Waals surface area contributed by atoms with Crippen LogP contribution in [0.2, 0.25) is 0 Å². The first-order valence-corrected chi connectivity index (χ1v) is 7.17. The predicted molar refractivity (Wildman–Crippen MR) is 86.8 cm³/mol. The maximum atomic E-state index is 5.68. The number of hydrazone groups is 1. The highest BCUT2D eigenvalue weighted by atomic mass is 16.5. The van der Waals surface area contributed by atoms with Gasteiger partial charge in [0.2, 0.25) is 0 Å². The number of pyridine rings is 1. The molecule has 1 aromatic carbocycles. The van der Waals surface area contributed by atoms with Gasteiger partial charge in [-0.3, -0.25) is 5.43 Å². The van der Waals surface area contributed by atoms with Crippen LogP contribution >= 0.6 is 0 Å². The van der Waals surface area contributed by atoms with Crippen LogP contribution in [0.1, 0.15) is 25.8 Å². The minimum atomic E-state index is 0.661. The van der Waals surface area contributed by atoms with Gasteiger partial charge in [0.05, 0.1) is 12.8 Å². The Morgan fingerprint density at radius 2 is 2.00 bits per heavy atom. The summed E-state index contributed by atoms with van der Waals surface area (Å²) in [5, 5.41) is 4.15. The predicted octanol–water partition coefficient (Wildman–Crippen LogP) is 3.95. The van der Waals surface area contributed by atoms with Crippen molar-refractivity contribution in [3.63, 3.8) is 0 Å². The van der Waals surface area contributed by atoms with Gasteiger partial charge >= 0.3 is 0 Å². The van der Waals surface area contributed by atoms with Crippen molar-refractivity contribution in [1.82, 2.24) is 4.98 Å². The van der Waals surface area contributed by atoms with Gasteiger partial charge in [0.1, 0.15) is 11.6 Å². The van der Waals surface area contributed by atoms with E-state index in [1.807, 2.05) is 42.5 Å². The van der Waals surface area contributed by atoms with Gasteiger partial charge in [-0.05, 0) is 54.3 Å². The largest absolute Gasteiger partial charge is 0.494 e. The van der Waals surface area contributed by atoms with Crippen LogP contribution in [0.4, 0.5) is 5.82 Å². The lowest BCUT2D eigenvalue weighted by Crippen LogP contribution is -2.01.